The largest absolute Gasteiger partial charge is 0.465 e. The summed E-state index contributed by atoms with van der Waals surface area (Å²) in [6.45, 7) is 4.49. The van der Waals surface area contributed by atoms with Crippen LogP contribution in [-0.2, 0) is 9.53 Å². The van der Waals surface area contributed by atoms with E-state index in [0.29, 0.717) is 13.0 Å². The van der Waals surface area contributed by atoms with Crippen LogP contribution in [0, 0.1) is 5.92 Å². The number of carbonyl (C=O) groups is 1. The van der Waals surface area contributed by atoms with E-state index < -0.39 is 0 Å². The van der Waals surface area contributed by atoms with Gasteiger partial charge in [0.05, 0.1) is 6.61 Å². The van der Waals surface area contributed by atoms with Crippen LogP contribution in [0.1, 0.15) is 65.2 Å². The number of hydrogen-bond acceptors (Lipinski definition) is 3. The van der Waals surface area contributed by atoms with Crippen LogP contribution in [0.3, 0.4) is 0 Å². The van der Waals surface area contributed by atoms with Crippen LogP contribution in [-0.4, -0.2) is 24.3 Å². The lowest BCUT2D eigenvalue weighted by atomic mass is 10.1. The Morgan fingerprint density at radius 3 is 2.29 bits per heavy atom. The fourth-order valence-corrected chi connectivity index (χ4v) is 1.59. The molecule has 3 heteroatoms. The Hall–Kier alpha value is -0.570. The van der Waals surface area contributed by atoms with Crippen molar-refractivity contribution >= 4 is 5.97 Å². The fraction of sp³-hybridized carbons (Fsp3) is 0.929. The molecule has 1 unspecified atom stereocenters. The SMILES string of the molecule is CCCCCCCCCC(=O)OCC(C)CO. The second-order valence-electron chi connectivity index (χ2n) is 4.84. The van der Waals surface area contributed by atoms with Gasteiger partial charge < -0.3 is 9.84 Å². The molecule has 0 aliphatic carbocycles. The summed E-state index contributed by atoms with van der Waals surface area (Å²) in [4.78, 5) is 11.3. The highest BCUT2D eigenvalue weighted by Crippen LogP contribution is 2.09. The summed E-state index contributed by atoms with van der Waals surface area (Å²) in [6, 6.07) is 0. The lowest BCUT2D eigenvalue weighted by molar-refractivity contribution is -0.145. The zero-order valence-electron chi connectivity index (χ0n) is 11.4. The summed E-state index contributed by atoms with van der Waals surface area (Å²) >= 11 is 0. The molecule has 0 saturated carbocycles. The highest BCUT2D eigenvalue weighted by Gasteiger charge is 2.05. The Labute approximate surface area is 106 Å². The van der Waals surface area contributed by atoms with Crippen molar-refractivity contribution in [3.63, 3.8) is 0 Å². The van der Waals surface area contributed by atoms with Gasteiger partial charge in [-0.3, -0.25) is 4.79 Å². The molecule has 3 nitrogen and oxygen atoms in total. The van der Waals surface area contributed by atoms with Gasteiger partial charge in [-0.1, -0.05) is 52.4 Å². The maximum atomic E-state index is 11.3. The topological polar surface area (TPSA) is 46.5 Å². The van der Waals surface area contributed by atoms with E-state index in [1.165, 1.54) is 32.1 Å². The number of carbonyl (C=O) groups excluding carboxylic acids is 1. The standard InChI is InChI=1S/C14H28O3/c1-3-4-5-6-7-8-9-10-14(16)17-12-13(2)11-15/h13,15H,3-12H2,1-2H3. The fourth-order valence-electron chi connectivity index (χ4n) is 1.59. The quantitative estimate of drug-likeness (QED) is 0.448. The smallest absolute Gasteiger partial charge is 0.305 e. The molecular formula is C14H28O3. The number of aliphatic hydroxyl groups excluding tert-OH is 1. The number of ether oxygens (including phenoxy) is 1. The minimum absolute atomic E-state index is 0.0491. The molecule has 0 aliphatic rings. The Balaban J connectivity index is 3.22. The maximum Gasteiger partial charge on any atom is 0.305 e. The third-order valence-electron chi connectivity index (χ3n) is 2.82. The Bertz CT molecular complexity index is 180. The summed E-state index contributed by atoms with van der Waals surface area (Å²) in [5.41, 5.74) is 0. The van der Waals surface area contributed by atoms with E-state index >= 15 is 0 Å². The molecule has 0 aromatic heterocycles. The molecule has 0 bridgehead atoms. The van der Waals surface area contributed by atoms with Crippen molar-refractivity contribution in [3.05, 3.63) is 0 Å². The second kappa shape index (κ2) is 11.9. The third kappa shape index (κ3) is 11.7. The summed E-state index contributed by atoms with van der Waals surface area (Å²) in [5.74, 6) is -0.0770. The van der Waals surface area contributed by atoms with Crippen molar-refractivity contribution in [1.29, 1.82) is 0 Å². The molecule has 0 aliphatic heterocycles. The molecule has 0 saturated heterocycles. The average molecular weight is 244 g/mol. The first-order valence-electron chi connectivity index (χ1n) is 6.97. The van der Waals surface area contributed by atoms with Crippen LogP contribution in [0.5, 0.6) is 0 Å². The van der Waals surface area contributed by atoms with Crippen LogP contribution < -0.4 is 0 Å². The first kappa shape index (κ1) is 16.4. The molecule has 1 atom stereocenters. The van der Waals surface area contributed by atoms with Gasteiger partial charge in [0, 0.05) is 18.9 Å². The van der Waals surface area contributed by atoms with Gasteiger partial charge in [0.1, 0.15) is 0 Å². The normalized spacial score (nSPS) is 12.4. The van der Waals surface area contributed by atoms with Crippen molar-refractivity contribution in [2.24, 2.45) is 5.92 Å². The lowest BCUT2D eigenvalue weighted by Gasteiger charge is -2.08. The van der Waals surface area contributed by atoms with Crippen molar-refractivity contribution < 1.29 is 14.6 Å². The number of rotatable bonds is 11. The number of esters is 1. The molecule has 0 aromatic rings. The zero-order valence-corrected chi connectivity index (χ0v) is 11.4. The highest BCUT2D eigenvalue weighted by atomic mass is 16.5. The molecule has 0 heterocycles. The molecule has 102 valence electrons. The number of aliphatic hydroxyl groups is 1. The zero-order chi connectivity index (χ0) is 12.9. The molecule has 0 spiro atoms. The van der Waals surface area contributed by atoms with E-state index in [2.05, 4.69) is 6.92 Å². The molecule has 0 radical (unpaired) electrons. The molecule has 0 rings (SSSR count). The minimum atomic E-state index is -0.126. The van der Waals surface area contributed by atoms with Gasteiger partial charge in [-0.2, -0.15) is 0 Å². The number of hydrogen-bond donors (Lipinski definition) is 1. The average Bonchev–Trinajstić information content (AvgIpc) is 2.34. The van der Waals surface area contributed by atoms with E-state index in [-0.39, 0.29) is 18.5 Å². The Kier molecular flexibility index (Phi) is 11.5. The summed E-state index contributed by atoms with van der Waals surface area (Å²) in [5, 5.41) is 8.77. The highest BCUT2D eigenvalue weighted by molar-refractivity contribution is 5.69. The first-order chi connectivity index (χ1) is 8.20. The maximum absolute atomic E-state index is 11.3. The van der Waals surface area contributed by atoms with E-state index in [0.717, 1.165) is 12.8 Å². The van der Waals surface area contributed by atoms with Gasteiger partial charge in [-0.05, 0) is 6.42 Å². The van der Waals surface area contributed by atoms with Gasteiger partial charge in [0.25, 0.3) is 0 Å². The molecular weight excluding hydrogens is 216 g/mol. The predicted octanol–water partition coefficient (Wildman–Crippen LogP) is 3.30. The van der Waals surface area contributed by atoms with Gasteiger partial charge in [0.2, 0.25) is 0 Å². The minimum Gasteiger partial charge on any atom is -0.465 e. The van der Waals surface area contributed by atoms with Crippen LogP contribution in [0.25, 0.3) is 0 Å². The van der Waals surface area contributed by atoms with Gasteiger partial charge in [-0.25, -0.2) is 0 Å². The van der Waals surface area contributed by atoms with Crippen molar-refractivity contribution in [3.8, 4) is 0 Å². The van der Waals surface area contributed by atoms with Crippen molar-refractivity contribution in [1.82, 2.24) is 0 Å². The summed E-state index contributed by atoms with van der Waals surface area (Å²) in [7, 11) is 0. The van der Waals surface area contributed by atoms with E-state index in [1.807, 2.05) is 6.92 Å². The predicted molar refractivity (Wildman–Crippen MR) is 69.8 cm³/mol. The Morgan fingerprint density at radius 2 is 1.71 bits per heavy atom. The van der Waals surface area contributed by atoms with Crippen molar-refractivity contribution in [2.45, 2.75) is 65.2 Å². The van der Waals surface area contributed by atoms with Crippen molar-refractivity contribution in [2.75, 3.05) is 13.2 Å². The Morgan fingerprint density at radius 1 is 1.12 bits per heavy atom. The lowest BCUT2D eigenvalue weighted by Crippen LogP contribution is -2.14. The molecule has 0 amide bonds. The molecule has 17 heavy (non-hydrogen) atoms. The van der Waals surface area contributed by atoms with Crippen LogP contribution in [0.15, 0.2) is 0 Å². The first-order valence-corrected chi connectivity index (χ1v) is 6.97. The second-order valence-corrected chi connectivity index (χ2v) is 4.84. The molecule has 0 fully saturated rings. The monoisotopic (exact) mass is 244 g/mol. The molecule has 0 aromatic carbocycles. The van der Waals surface area contributed by atoms with Crippen LogP contribution in [0.2, 0.25) is 0 Å². The van der Waals surface area contributed by atoms with Gasteiger partial charge in [-0.15, -0.1) is 0 Å². The molecule has 1 N–H and O–H groups in total. The van der Waals surface area contributed by atoms with E-state index in [9.17, 15) is 4.79 Å². The van der Waals surface area contributed by atoms with Crippen LogP contribution >= 0.6 is 0 Å². The number of unbranched alkanes of at least 4 members (excludes halogenated alkanes) is 6. The summed E-state index contributed by atoms with van der Waals surface area (Å²) in [6.07, 6.45) is 8.98. The third-order valence-corrected chi connectivity index (χ3v) is 2.82. The van der Waals surface area contributed by atoms with E-state index in [1.54, 1.807) is 0 Å². The van der Waals surface area contributed by atoms with Gasteiger partial charge in [0.15, 0.2) is 0 Å². The van der Waals surface area contributed by atoms with E-state index in [4.69, 9.17) is 9.84 Å². The van der Waals surface area contributed by atoms with Gasteiger partial charge >= 0.3 is 5.97 Å². The van der Waals surface area contributed by atoms with Crippen LogP contribution in [0.4, 0.5) is 0 Å². The summed E-state index contributed by atoms with van der Waals surface area (Å²) < 4.78 is 5.04.